The van der Waals surface area contributed by atoms with Crippen molar-refractivity contribution in [1.29, 1.82) is 0 Å². The van der Waals surface area contributed by atoms with Gasteiger partial charge in [0.15, 0.2) is 0 Å². The topological polar surface area (TPSA) is 106 Å². The third-order valence-corrected chi connectivity index (χ3v) is 5.33. The van der Waals surface area contributed by atoms with E-state index in [0.717, 1.165) is 5.52 Å². The van der Waals surface area contributed by atoms with Gasteiger partial charge in [-0.1, -0.05) is 19.1 Å². The second kappa shape index (κ2) is 5.80. The summed E-state index contributed by atoms with van der Waals surface area (Å²) >= 11 is 0. The minimum atomic E-state index is -1.36. The fraction of sp³-hybridized carbons (Fsp3) is 0.529. The van der Waals surface area contributed by atoms with E-state index in [1.54, 1.807) is 43.8 Å². The Hall–Kier alpha value is -2.48. The molecule has 0 bridgehead atoms. The zero-order valence-corrected chi connectivity index (χ0v) is 14.7. The van der Waals surface area contributed by atoms with Crippen LogP contribution in [0.5, 0.6) is 0 Å². The SMILES string of the molecule is CCOC1CC(NC(=O)c2ccc3c(c2)nnn3C)(C(=O)O)C1(C)C. The van der Waals surface area contributed by atoms with E-state index in [9.17, 15) is 14.7 Å². The standard InChI is InChI=1S/C17H22N4O4/c1-5-25-13-9-17(15(23)24,16(13,2)3)18-14(22)10-6-7-12-11(8-10)19-20-21(12)4/h6-8,13H,5,9H2,1-4H3,(H,18,22)(H,23,24). The molecule has 1 amide bonds. The van der Waals surface area contributed by atoms with Crippen LogP contribution in [-0.2, 0) is 16.6 Å². The van der Waals surface area contributed by atoms with E-state index in [2.05, 4.69) is 15.6 Å². The third kappa shape index (κ3) is 2.48. The van der Waals surface area contributed by atoms with E-state index < -0.39 is 22.8 Å². The summed E-state index contributed by atoms with van der Waals surface area (Å²) in [5, 5.41) is 20.4. The molecule has 2 unspecified atom stereocenters. The van der Waals surface area contributed by atoms with Crippen LogP contribution in [0.25, 0.3) is 11.0 Å². The van der Waals surface area contributed by atoms with Crippen LogP contribution < -0.4 is 5.32 Å². The highest BCUT2D eigenvalue weighted by Gasteiger charge is 2.66. The van der Waals surface area contributed by atoms with E-state index in [-0.39, 0.29) is 12.5 Å². The highest BCUT2D eigenvalue weighted by atomic mass is 16.5. The van der Waals surface area contributed by atoms with Crippen molar-refractivity contribution in [1.82, 2.24) is 20.3 Å². The number of carboxylic acids is 1. The molecule has 1 heterocycles. The van der Waals surface area contributed by atoms with Crippen LogP contribution in [0, 0.1) is 5.41 Å². The number of carboxylic acid groups (broad SMARTS) is 1. The van der Waals surface area contributed by atoms with Crippen LogP contribution >= 0.6 is 0 Å². The Morgan fingerprint density at radius 3 is 2.76 bits per heavy atom. The van der Waals surface area contributed by atoms with E-state index in [0.29, 0.717) is 17.7 Å². The van der Waals surface area contributed by atoms with Crippen LogP contribution in [-0.4, -0.2) is 50.2 Å². The number of carbonyl (C=O) groups is 2. The highest BCUT2D eigenvalue weighted by Crippen LogP contribution is 2.51. The molecule has 0 aliphatic heterocycles. The zero-order valence-electron chi connectivity index (χ0n) is 14.7. The molecule has 3 rings (SSSR count). The van der Waals surface area contributed by atoms with E-state index >= 15 is 0 Å². The number of carbonyl (C=O) groups excluding carboxylic acids is 1. The van der Waals surface area contributed by atoms with E-state index in [1.165, 1.54) is 0 Å². The molecule has 2 N–H and O–H groups in total. The first kappa shape index (κ1) is 17.3. The van der Waals surface area contributed by atoms with Gasteiger partial charge in [0.1, 0.15) is 11.1 Å². The Bertz CT molecular complexity index is 844. The summed E-state index contributed by atoms with van der Waals surface area (Å²) in [6.45, 7) is 5.97. The predicted molar refractivity (Wildman–Crippen MR) is 90.2 cm³/mol. The number of hydrogen-bond acceptors (Lipinski definition) is 5. The number of hydrogen-bond donors (Lipinski definition) is 2. The number of fused-ring (bicyclic) bond motifs is 1. The van der Waals surface area contributed by atoms with Crippen molar-refractivity contribution in [3.8, 4) is 0 Å². The molecule has 8 heteroatoms. The van der Waals surface area contributed by atoms with Gasteiger partial charge in [-0.05, 0) is 25.1 Å². The molecule has 134 valence electrons. The molecule has 8 nitrogen and oxygen atoms in total. The number of aromatic nitrogens is 3. The van der Waals surface area contributed by atoms with Gasteiger partial charge in [-0.25, -0.2) is 9.48 Å². The number of amides is 1. The molecule has 0 radical (unpaired) electrons. The molecule has 0 saturated heterocycles. The van der Waals surface area contributed by atoms with Crippen molar-refractivity contribution in [2.75, 3.05) is 6.61 Å². The maximum Gasteiger partial charge on any atom is 0.330 e. The average molecular weight is 346 g/mol. The summed E-state index contributed by atoms with van der Waals surface area (Å²) in [4.78, 5) is 24.6. The van der Waals surface area contributed by atoms with Crippen molar-refractivity contribution < 1.29 is 19.4 Å². The van der Waals surface area contributed by atoms with Crippen LogP contribution in [0.4, 0.5) is 0 Å². The molecular formula is C17H22N4O4. The summed E-state index contributed by atoms with van der Waals surface area (Å²) in [5.41, 5.74) is -0.351. The molecule has 25 heavy (non-hydrogen) atoms. The average Bonchev–Trinajstić information content (AvgIpc) is 2.93. The molecule has 2 aromatic rings. The number of aryl methyl sites for hydroxylation is 1. The fourth-order valence-corrected chi connectivity index (χ4v) is 3.48. The lowest BCUT2D eigenvalue weighted by molar-refractivity contribution is -0.190. The quantitative estimate of drug-likeness (QED) is 0.846. The van der Waals surface area contributed by atoms with E-state index in [4.69, 9.17) is 4.74 Å². The lowest BCUT2D eigenvalue weighted by atomic mass is 9.54. The van der Waals surface area contributed by atoms with Gasteiger partial charge in [-0.2, -0.15) is 0 Å². The first-order valence-electron chi connectivity index (χ1n) is 8.20. The Kier molecular flexibility index (Phi) is 4.03. The Morgan fingerprint density at radius 1 is 1.44 bits per heavy atom. The van der Waals surface area contributed by atoms with Gasteiger partial charge >= 0.3 is 5.97 Å². The van der Waals surface area contributed by atoms with Gasteiger partial charge in [0.05, 0.1) is 11.6 Å². The van der Waals surface area contributed by atoms with Crippen molar-refractivity contribution >= 4 is 22.9 Å². The maximum atomic E-state index is 12.7. The summed E-state index contributed by atoms with van der Waals surface area (Å²) < 4.78 is 7.22. The molecular weight excluding hydrogens is 324 g/mol. The fourth-order valence-electron chi connectivity index (χ4n) is 3.48. The number of nitrogens with zero attached hydrogens (tertiary/aromatic N) is 3. The molecule has 1 aromatic carbocycles. The van der Waals surface area contributed by atoms with Crippen molar-refractivity contribution in [3.05, 3.63) is 23.8 Å². The first-order valence-corrected chi connectivity index (χ1v) is 8.20. The smallest absolute Gasteiger partial charge is 0.330 e. The number of ether oxygens (including phenoxy) is 1. The minimum Gasteiger partial charge on any atom is -0.479 e. The predicted octanol–water partition coefficient (Wildman–Crippen LogP) is 1.36. The van der Waals surface area contributed by atoms with E-state index in [1.807, 2.05) is 6.92 Å². The summed E-state index contributed by atoms with van der Waals surface area (Å²) in [6, 6.07) is 4.99. The second-order valence-electron chi connectivity index (χ2n) is 6.95. The number of nitrogens with one attached hydrogen (secondary N) is 1. The number of benzene rings is 1. The van der Waals surface area contributed by atoms with Crippen molar-refractivity contribution in [2.24, 2.45) is 12.5 Å². The molecule has 1 aromatic heterocycles. The Morgan fingerprint density at radius 2 is 2.16 bits per heavy atom. The maximum absolute atomic E-state index is 12.7. The molecule has 0 spiro atoms. The Balaban J connectivity index is 1.87. The lowest BCUT2D eigenvalue weighted by Gasteiger charge is -2.58. The first-order chi connectivity index (χ1) is 11.7. The van der Waals surface area contributed by atoms with Crippen LogP contribution in [0.2, 0.25) is 0 Å². The second-order valence-corrected chi connectivity index (χ2v) is 6.95. The normalized spacial score (nSPS) is 24.7. The highest BCUT2D eigenvalue weighted by molar-refractivity contribution is 6.00. The summed E-state index contributed by atoms with van der Waals surface area (Å²) in [7, 11) is 1.76. The minimum absolute atomic E-state index is 0.212. The van der Waals surface area contributed by atoms with Crippen molar-refractivity contribution in [3.63, 3.8) is 0 Å². The van der Waals surface area contributed by atoms with Gasteiger partial charge in [0.25, 0.3) is 5.91 Å². The van der Waals surface area contributed by atoms with Crippen LogP contribution in [0.1, 0.15) is 37.6 Å². The van der Waals surface area contributed by atoms with Gasteiger partial charge in [-0.15, -0.1) is 5.10 Å². The summed E-state index contributed by atoms with van der Waals surface area (Å²) in [6.07, 6.45) is 0.0267. The monoisotopic (exact) mass is 346 g/mol. The zero-order chi connectivity index (χ0) is 18.4. The molecule has 1 aliphatic rings. The van der Waals surface area contributed by atoms with Crippen molar-refractivity contribution in [2.45, 2.75) is 38.8 Å². The van der Waals surface area contributed by atoms with Crippen LogP contribution in [0.15, 0.2) is 18.2 Å². The molecule has 1 fully saturated rings. The van der Waals surface area contributed by atoms with Crippen LogP contribution in [0.3, 0.4) is 0 Å². The lowest BCUT2D eigenvalue weighted by Crippen LogP contribution is -2.76. The van der Waals surface area contributed by atoms with Gasteiger partial charge < -0.3 is 15.2 Å². The van der Waals surface area contributed by atoms with Gasteiger partial charge in [-0.3, -0.25) is 4.79 Å². The molecule has 1 saturated carbocycles. The molecule has 2 atom stereocenters. The summed E-state index contributed by atoms with van der Waals surface area (Å²) in [5.74, 6) is -1.50. The number of aliphatic carboxylic acids is 1. The third-order valence-electron chi connectivity index (χ3n) is 5.33. The number of rotatable bonds is 5. The molecule has 1 aliphatic carbocycles. The Labute approximate surface area is 145 Å². The largest absolute Gasteiger partial charge is 0.479 e. The van der Waals surface area contributed by atoms with Gasteiger partial charge in [0.2, 0.25) is 0 Å². The van der Waals surface area contributed by atoms with Gasteiger partial charge in [0, 0.05) is 31.1 Å².